The monoisotopic (exact) mass is 569 g/mol. The molecule has 1 amide bonds. The van der Waals surface area contributed by atoms with Gasteiger partial charge in [0.1, 0.15) is 11.2 Å². The second kappa shape index (κ2) is 9.50. The minimum atomic E-state index is -0.0778. The molecule has 0 radical (unpaired) electrons. The van der Waals surface area contributed by atoms with E-state index in [1.807, 2.05) is 17.0 Å². The van der Waals surface area contributed by atoms with E-state index in [4.69, 9.17) is 30.2 Å². The lowest BCUT2D eigenvalue weighted by Gasteiger charge is -2.44. The summed E-state index contributed by atoms with van der Waals surface area (Å²) in [5.41, 5.74) is 10.4. The summed E-state index contributed by atoms with van der Waals surface area (Å²) in [6.07, 6.45) is 8.26. The number of ether oxygens (including phenoxy) is 2. The Hall–Kier alpha value is -3.50. The summed E-state index contributed by atoms with van der Waals surface area (Å²) in [5, 5.41) is 1.06. The average molecular weight is 570 g/mol. The molecule has 10 heteroatoms. The van der Waals surface area contributed by atoms with Crippen LogP contribution in [0.2, 0.25) is 0 Å². The van der Waals surface area contributed by atoms with Gasteiger partial charge in [0.15, 0.2) is 11.5 Å². The zero-order chi connectivity index (χ0) is 28.7. The molecule has 5 heterocycles. The molecule has 4 aromatic rings. The van der Waals surface area contributed by atoms with Gasteiger partial charge in [0.05, 0.1) is 24.0 Å². The smallest absolute Gasteiger partial charge is 0.255 e. The first kappa shape index (κ1) is 26.2. The fourth-order valence-electron chi connectivity index (χ4n) is 7.81. The summed E-state index contributed by atoms with van der Waals surface area (Å²) in [4.78, 5) is 30.5. The molecule has 2 bridgehead atoms. The van der Waals surface area contributed by atoms with Crippen molar-refractivity contribution >= 4 is 28.1 Å². The molecule has 1 aliphatic heterocycles. The van der Waals surface area contributed by atoms with Gasteiger partial charge in [0.25, 0.3) is 5.91 Å². The number of nitrogens with zero attached hydrogens (tertiary/aromatic N) is 6. The molecule has 3 aliphatic carbocycles. The lowest BCUT2D eigenvalue weighted by molar-refractivity contribution is -0.0937. The van der Waals surface area contributed by atoms with Crippen molar-refractivity contribution < 1.29 is 14.3 Å². The molecule has 4 aromatic heterocycles. The normalized spacial score (nSPS) is 28.6. The number of fused-ring (bicyclic) bond motifs is 4. The Morgan fingerprint density at radius 3 is 2.52 bits per heavy atom. The summed E-state index contributed by atoms with van der Waals surface area (Å²) in [6.45, 7) is 4.59. The first-order chi connectivity index (χ1) is 20.3. The van der Waals surface area contributed by atoms with Crippen LogP contribution in [0.15, 0.2) is 30.5 Å². The highest BCUT2D eigenvalue weighted by molar-refractivity contribution is 5.97. The van der Waals surface area contributed by atoms with Gasteiger partial charge in [0, 0.05) is 56.5 Å². The molecule has 4 fully saturated rings. The zero-order valence-electron chi connectivity index (χ0n) is 24.6. The summed E-state index contributed by atoms with van der Waals surface area (Å²) in [6, 6.07) is 8.31. The fourth-order valence-corrected chi connectivity index (χ4v) is 7.81. The van der Waals surface area contributed by atoms with Crippen LogP contribution in [0.3, 0.4) is 0 Å². The highest BCUT2D eigenvalue weighted by Crippen LogP contribution is 2.43. The molecule has 42 heavy (non-hydrogen) atoms. The summed E-state index contributed by atoms with van der Waals surface area (Å²) in [7, 11) is 3.45. The molecule has 2 N–H and O–H groups in total. The van der Waals surface area contributed by atoms with E-state index in [0.717, 1.165) is 79.0 Å². The van der Waals surface area contributed by atoms with Gasteiger partial charge in [-0.1, -0.05) is 0 Å². The maximum atomic E-state index is 13.6. The first-order valence-electron chi connectivity index (χ1n) is 15.4. The number of nitrogens with two attached hydrogens (primary N) is 1. The number of piperidine rings is 1. The van der Waals surface area contributed by atoms with Crippen molar-refractivity contribution in [3.63, 3.8) is 0 Å². The zero-order valence-corrected chi connectivity index (χ0v) is 24.6. The van der Waals surface area contributed by atoms with Crippen molar-refractivity contribution in [1.29, 1.82) is 0 Å². The average Bonchev–Trinajstić information content (AvgIpc) is 3.37. The number of hydrogen-bond acceptors (Lipinski definition) is 7. The first-order valence-corrected chi connectivity index (χ1v) is 15.4. The SMILES string of the molecule is COc1ccc2cc(-c3nc4cc(C(=O)N5C[C@H]6CC[C@@H]5[C@@H]6N)cnc4n3CC3CC(C)(OC)C3)n(CC3CC3)c2n1. The lowest BCUT2D eigenvalue weighted by Crippen LogP contribution is -2.44. The van der Waals surface area contributed by atoms with E-state index in [1.165, 1.54) is 12.8 Å². The van der Waals surface area contributed by atoms with Crippen LogP contribution in [-0.4, -0.2) is 73.3 Å². The Kier molecular flexibility index (Phi) is 5.92. The van der Waals surface area contributed by atoms with E-state index < -0.39 is 0 Å². The summed E-state index contributed by atoms with van der Waals surface area (Å²) >= 11 is 0. The maximum absolute atomic E-state index is 13.6. The van der Waals surface area contributed by atoms with Crippen molar-refractivity contribution in [2.45, 2.75) is 76.2 Å². The van der Waals surface area contributed by atoms with Crippen LogP contribution in [-0.2, 0) is 17.8 Å². The Morgan fingerprint density at radius 2 is 1.83 bits per heavy atom. The second-order valence-electron chi connectivity index (χ2n) is 13.3. The third kappa shape index (κ3) is 4.13. The van der Waals surface area contributed by atoms with Crippen molar-refractivity contribution in [1.82, 2.24) is 29.0 Å². The summed E-state index contributed by atoms with van der Waals surface area (Å²) in [5.74, 6) is 2.98. The number of carbonyl (C=O) groups excluding carboxylic acids is 1. The van der Waals surface area contributed by atoms with Gasteiger partial charge in [-0.25, -0.2) is 9.97 Å². The van der Waals surface area contributed by atoms with Gasteiger partial charge in [-0.3, -0.25) is 4.79 Å². The highest BCUT2D eigenvalue weighted by Gasteiger charge is 2.47. The van der Waals surface area contributed by atoms with E-state index >= 15 is 0 Å². The van der Waals surface area contributed by atoms with Gasteiger partial charge >= 0.3 is 0 Å². The topological polar surface area (TPSA) is 113 Å². The number of amides is 1. The Bertz CT molecular complexity index is 1700. The maximum Gasteiger partial charge on any atom is 0.255 e. The third-order valence-corrected chi connectivity index (χ3v) is 10.4. The van der Waals surface area contributed by atoms with Crippen molar-refractivity contribution in [2.24, 2.45) is 23.5 Å². The Labute approximate surface area is 245 Å². The number of pyridine rings is 2. The molecule has 0 aromatic carbocycles. The number of likely N-dealkylation sites (tertiary alicyclic amines) is 1. The van der Waals surface area contributed by atoms with Crippen LogP contribution in [0, 0.1) is 17.8 Å². The largest absolute Gasteiger partial charge is 0.481 e. The second-order valence-corrected chi connectivity index (χ2v) is 13.3. The predicted octanol–water partition coefficient (Wildman–Crippen LogP) is 4.24. The van der Waals surface area contributed by atoms with Crippen LogP contribution in [0.4, 0.5) is 0 Å². The molecule has 0 spiro atoms. The van der Waals surface area contributed by atoms with Gasteiger partial charge in [0.2, 0.25) is 5.88 Å². The molecular weight excluding hydrogens is 530 g/mol. The number of carbonyl (C=O) groups is 1. The fraction of sp³-hybridized carbons (Fsp3) is 0.562. The van der Waals surface area contributed by atoms with E-state index in [2.05, 4.69) is 28.2 Å². The van der Waals surface area contributed by atoms with Crippen LogP contribution in [0.1, 0.15) is 55.8 Å². The van der Waals surface area contributed by atoms with Crippen molar-refractivity contribution in [3.8, 4) is 17.4 Å². The Balaban J connectivity index is 1.23. The van der Waals surface area contributed by atoms with Crippen LogP contribution in [0.5, 0.6) is 5.88 Å². The summed E-state index contributed by atoms with van der Waals surface area (Å²) < 4.78 is 15.8. The minimum Gasteiger partial charge on any atom is -0.481 e. The molecule has 3 saturated carbocycles. The standard InChI is InChI=1S/C32H39N7O3/c1-32(42-3)12-19(13-32)16-39-29-23(10-22(14-34-29)31(40)38-17-21-6-8-24(38)27(21)33)35-30(39)25-11-20-7-9-26(41-2)36-28(20)37(25)15-18-4-5-18/h7,9-11,14,18-19,21,24,27H,4-6,8,12-13,15-17,33H2,1-3H3/t19?,21-,24-,27-,32?/m1/s1. The van der Waals surface area contributed by atoms with E-state index in [0.29, 0.717) is 29.2 Å². The van der Waals surface area contributed by atoms with E-state index in [-0.39, 0.29) is 23.6 Å². The molecule has 0 unspecified atom stereocenters. The lowest BCUT2D eigenvalue weighted by atomic mass is 9.72. The number of imidazole rings is 1. The quantitative estimate of drug-likeness (QED) is 0.338. The van der Waals surface area contributed by atoms with E-state index in [9.17, 15) is 4.79 Å². The minimum absolute atomic E-state index is 0.0112. The molecule has 8 rings (SSSR count). The number of aromatic nitrogens is 5. The predicted molar refractivity (Wildman–Crippen MR) is 159 cm³/mol. The van der Waals surface area contributed by atoms with Crippen molar-refractivity contribution in [2.75, 3.05) is 20.8 Å². The number of rotatable bonds is 8. The van der Waals surface area contributed by atoms with Gasteiger partial charge in [-0.2, -0.15) is 4.98 Å². The van der Waals surface area contributed by atoms with Crippen molar-refractivity contribution in [3.05, 3.63) is 36.0 Å². The number of hydrogen-bond donors (Lipinski definition) is 1. The van der Waals surface area contributed by atoms with Gasteiger partial charge in [-0.15, -0.1) is 0 Å². The van der Waals surface area contributed by atoms with Crippen LogP contribution >= 0.6 is 0 Å². The van der Waals surface area contributed by atoms with Crippen LogP contribution in [0.25, 0.3) is 33.7 Å². The van der Waals surface area contributed by atoms with Gasteiger partial charge in [-0.05, 0) is 81.4 Å². The third-order valence-electron chi connectivity index (χ3n) is 10.4. The Morgan fingerprint density at radius 1 is 1.02 bits per heavy atom. The van der Waals surface area contributed by atoms with Gasteiger partial charge < -0.3 is 29.2 Å². The highest BCUT2D eigenvalue weighted by atomic mass is 16.5. The van der Waals surface area contributed by atoms with E-state index in [1.54, 1.807) is 20.4 Å². The molecule has 4 aliphatic rings. The molecule has 10 nitrogen and oxygen atoms in total. The molecular formula is C32H39N7O3. The van der Waals surface area contributed by atoms with Crippen LogP contribution < -0.4 is 10.5 Å². The molecule has 3 atom stereocenters. The molecule has 220 valence electrons. The number of methoxy groups -OCH3 is 2. The molecule has 1 saturated heterocycles.